The molecule has 1 heteroatoms. The van der Waals surface area contributed by atoms with Crippen molar-refractivity contribution in [3.8, 4) is 0 Å². The van der Waals surface area contributed by atoms with Crippen LogP contribution in [0.1, 0.15) is 34.6 Å². The Kier molecular flexibility index (Phi) is 10.9. The third-order valence-corrected chi connectivity index (χ3v) is 1.42. The van der Waals surface area contributed by atoms with Crippen LogP contribution >= 0.6 is 0 Å². The Balaban J connectivity index is 0. The molecule has 0 spiro atoms. The van der Waals surface area contributed by atoms with Gasteiger partial charge in [0.2, 0.25) is 0 Å². The number of rotatable bonds is 2. The third-order valence-electron chi connectivity index (χ3n) is 1.42. The van der Waals surface area contributed by atoms with Gasteiger partial charge in [0, 0.05) is 12.7 Å². The Morgan fingerprint density at radius 1 is 1.09 bits per heavy atom. The van der Waals surface area contributed by atoms with Crippen molar-refractivity contribution in [3.05, 3.63) is 23.4 Å². The van der Waals surface area contributed by atoms with E-state index in [-0.39, 0.29) is 0 Å². The van der Waals surface area contributed by atoms with Crippen LogP contribution in [0.3, 0.4) is 0 Å². The van der Waals surface area contributed by atoms with Crippen molar-refractivity contribution in [2.45, 2.75) is 34.6 Å². The van der Waals surface area contributed by atoms with Crippen LogP contribution in [0.4, 0.5) is 0 Å². The molecule has 0 unspecified atom stereocenters. The summed E-state index contributed by atoms with van der Waals surface area (Å²) in [5.41, 5.74) is 2.50. The highest BCUT2D eigenvalue weighted by Gasteiger charge is 1.90. The van der Waals surface area contributed by atoms with Crippen molar-refractivity contribution < 1.29 is 0 Å². The van der Waals surface area contributed by atoms with Crippen LogP contribution < -0.4 is 5.32 Å². The SMILES string of the molecule is C/C=C(C)\C(=C/C)NC.CC. The van der Waals surface area contributed by atoms with Gasteiger partial charge in [-0.05, 0) is 26.3 Å². The molecular weight excluding hydrogens is 134 g/mol. The lowest BCUT2D eigenvalue weighted by Gasteiger charge is -2.03. The first-order valence-electron chi connectivity index (χ1n) is 4.23. The quantitative estimate of drug-likeness (QED) is 0.604. The van der Waals surface area contributed by atoms with Crippen LogP contribution in [0.15, 0.2) is 23.4 Å². The van der Waals surface area contributed by atoms with Gasteiger partial charge in [-0.25, -0.2) is 0 Å². The van der Waals surface area contributed by atoms with Gasteiger partial charge < -0.3 is 5.32 Å². The van der Waals surface area contributed by atoms with E-state index in [2.05, 4.69) is 24.4 Å². The molecule has 1 nitrogen and oxygen atoms in total. The van der Waals surface area contributed by atoms with E-state index in [1.165, 1.54) is 11.3 Å². The van der Waals surface area contributed by atoms with Gasteiger partial charge in [-0.15, -0.1) is 0 Å². The molecule has 0 saturated heterocycles. The molecule has 66 valence electrons. The van der Waals surface area contributed by atoms with Crippen LogP contribution in [0.2, 0.25) is 0 Å². The van der Waals surface area contributed by atoms with Crippen molar-refractivity contribution >= 4 is 0 Å². The number of allylic oxidation sites excluding steroid dienone is 3. The summed E-state index contributed by atoms with van der Waals surface area (Å²) >= 11 is 0. The fraction of sp³-hybridized carbons (Fsp3) is 0.600. The Labute approximate surface area is 71.2 Å². The summed E-state index contributed by atoms with van der Waals surface area (Å²) in [6, 6.07) is 0. The minimum Gasteiger partial charge on any atom is -0.388 e. The Morgan fingerprint density at radius 2 is 1.55 bits per heavy atom. The van der Waals surface area contributed by atoms with Crippen molar-refractivity contribution in [1.29, 1.82) is 0 Å². The van der Waals surface area contributed by atoms with Gasteiger partial charge in [0.1, 0.15) is 0 Å². The number of hydrogen-bond acceptors (Lipinski definition) is 1. The largest absolute Gasteiger partial charge is 0.388 e. The second-order valence-corrected chi connectivity index (χ2v) is 1.92. The Hall–Kier alpha value is -0.720. The summed E-state index contributed by atoms with van der Waals surface area (Å²) < 4.78 is 0. The summed E-state index contributed by atoms with van der Waals surface area (Å²) in [5.74, 6) is 0. The number of hydrogen-bond donors (Lipinski definition) is 1. The Bertz CT molecular complexity index is 132. The standard InChI is InChI=1S/C8H15N.C2H6/c1-5-7(3)8(6-2)9-4;1-2/h5-6,9H,1-4H3;1-2H3/b7-5-,8-6+;. The van der Waals surface area contributed by atoms with Gasteiger partial charge in [-0.1, -0.05) is 26.0 Å². The monoisotopic (exact) mass is 155 g/mol. The van der Waals surface area contributed by atoms with Crippen molar-refractivity contribution in [3.63, 3.8) is 0 Å². The van der Waals surface area contributed by atoms with E-state index in [4.69, 9.17) is 0 Å². The van der Waals surface area contributed by atoms with Gasteiger partial charge >= 0.3 is 0 Å². The van der Waals surface area contributed by atoms with E-state index in [9.17, 15) is 0 Å². The van der Waals surface area contributed by atoms with E-state index in [0.29, 0.717) is 0 Å². The van der Waals surface area contributed by atoms with Crippen LogP contribution in [0, 0.1) is 0 Å². The third kappa shape index (κ3) is 5.71. The van der Waals surface area contributed by atoms with Gasteiger partial charge in [0.15, 0.2) is 0 Å². The van der Waals surface area contributed by atoms with Crippen LogP contribution in [0.5, 0.6) is 0 Å². The van der Waals surface area contributed by atoms with Crippen molar-refractivity contribution in [1.82, 2.24) is 5.32 Å². The van der Waals surface area contributed by atoms with Gasteiger partial charge in [0.25, 0.3) is 0 Å². The molecule has 0 aromatic rings. The molecule has 0 aromatic carbocycles. The highest BCUT2D eigenvalue weighted by molar-refractivity contribution is 5.25. The van der Waals surface area contributed by atoms with Gasteiger partial charge in [-0.2, -0.15) is 0 Å². The van der Waals surface area contributed by atoms with Crippen LogP contribution in [-0.4, -0.2) is 7.05 Å². The molecule has 11 heavy (non-hydrogen) atoms. The molecule has 0 atom stereocenters. The van der Waals surface area contributed by atoms with Crippen molar-refractivity contribution in [2.75, 3.05) is 7.05 Å². The molecule has 0 heterocycles. The van der Waals surface area contributed by atoms with Crippen LogP contribution in [0.25, 0.3) is 0 Å². The van der Waals surface area contributed by atoms with Crippen LogP contribution in [-0.2, 0) is 0 Å². The maximum atomic E-state index is 3.10. The topological polar surface area (TPSA) is 12.0 Å². The summed E-state index contributed by atoms with van der Waals surface area (Å²) in [5, 5.41) is 3.10. The number of likely N-dealkylation sites (N-methyl/N-ethyl adjacent to an activating group) is 1. The fourth-order valence-electron chi connectivity index (χ4n) is 0.725. The second kappa shape index (κ2) is 9.28. The molecule has 0 amide bonds. The molecule has 0 aromatic heterocycles. The molecule has 1 N–H and O–H groups in total. The van der Waals surface area contributed by atoms with E-state index in [0.717, 1.165) is 0 Å². The maximum Gasteiger partial charge on any atom is 0.0320 e. The average Bonchev–Trinajstić information content (AvgIpc) is 2.10. The summed E-state index contributed by atoms with van der Waals surface area (Å²) in [6.45, 7) is 10.2. The van der Waals surface area contributed by atoms with E-state index in [1.54, 1.807) is 0 Å². The zero-order valence-electron chi connectivity index (χ0n) is 8.65. The molecular formula is C10H21N. The van der Waals surface area contributed by atoms with E-state index >= 15 is 0 Å². The first-order chi connectivity index (χ1) is 5.26. The second-order valence-electron chi connectivity index (χ2n) is 1.92. The summed E-state index contributed by atoms with van der Waals surface area (Å²) in [7, 11) is 1.93. The number of nitrogens with one attached hydrogen (secondary N) is 1. The molecule has 0 aliphatic rings. The fourth-order valence-corrected chi connectivity index (χ4v) is 0.725. The molecule has 0 fully saturated rings. The molecule has 0 rings (SSSR count). The summed E-state index contributed by atoms with van der Waals surface area (Å²) in [4.78, 5) is 0. The molecule has 0 bridgehead atoms. The predicted octanol–water partition coefficient (Wildman–Crippen LogP) is 3.10. The minimum atomic E-state index is 1.21. The van der Waals surface area contributed by atoms with E-state index < -0.39 is 0 Å². The average molecular weight is 155 g/mol. The maximum absolute atomic E-state index is 3.10. The first-order valence-corrected chi connectivity index (χ1v) is 4.23. The molecule has 0 radical (unpaired) electrons. The lowest BCUT2D eigenvalue weighted by molar-refractivity contribution is 0.991. The zero-order valence-corrected chi connectivity index (χ0v) is 8.65. The zero-order chi connectivity index (χ0) is 9.28. The minimum absolute atomic E-state index is 1.21. The predicted molar refractivity (Wildman–Crippen MR) is 53.6 cm³/mol. The van der Waals surface area contributed by atoms with Gasteiger partial charge in [0.05, 0.1) is 0 Å². The van der Waals surface area contributed by atoms with Crippen molar-refractivity contribution in [2.24, 2.45) is 0 Å². The highest BCUT2D eigenvalue weighted by atomic mass is 14.8. The van der Waals surface area contributed by atoms with Gasteiger partial charge in [-0.3, -0.25) is 0 Å². The molecule has 0 aliphatic carbocycles. The summed E-state index contributed by atoms with van der Waals surface area (Å²) in [6.07, 6.45) is 4.15. The first kappa shape index (κ1) is 12.9. The molecule has 0 aliphatic heterocycles. The highest BCUT2D eigenvalue weighted by Crippen LogP contribution is 2.02. The normalized spacial score (nSPS) is 11.8. The Morgan fingerprint density at radius 3 is 1.64 bits per heavy atom. The van der Waals surface area contributed by atoms with E-state index in [1.807, 2.05) is 34.7 Å². The molecule has 0 saturated carbocycles. The lowest BCUT2D eigenvalue weighted by atomic mass is 10.2. The smallest absolute Gasteiger partial charge is 0.0320 e. The lowest BCUT2D eigenvalue weighted by Crippen LogP contribution is -2.05.